The van der Waals surface area contributed by atoms with E-state index in [1.807, 2.05) is 12.1 Å². The molecule has 0 saturated heterocycles. The SMILES string of the molecule is N#CCN(CC#N)CC=S. The van der Waals surface area contributed by atoms with Crippen molar-refractivity contribution in [3.8, 4) is 12.1 Å². The maximum absolute atomic E-state index is 8.24. The first kappa shape index (κ1) is 9.03. The Hall–Kier alpha value is -0.970. The van der Waals surface area contributed by atoms with Crippen LogP contribution in [0.15, 0.2) is 0 Å². The fourth-order valence-corrected chi connectivity index (χ4v) is 0.701. The third-order valence-corrected chi connectivity index (χ3v) is 1.07. The van der Waals surface area contributed by atoms with E-state index in [9.17, 15) is 0 Å². The van der Waals surface area contributed by atoms with Crippen LogP contribution < -0.4 is 0 Å². The summed E-state index contributed by atoms with van der Waals surface area (Å²) in [4.78, 5) is 1.66. The zero-order chi connectivity index (χ0) is 7.82. The molecule has 3 nitrogen and oxygen atoms in total. The largest absolute Gasteiger partial charge is 0.273 e. The van der Waals surface area contributed by atoms with Gasteiger partial charge in [-0.3, -0.25) is 4.90 Å². The second-order valence-electron chi connectivity index (χ2n) is 1.65. The summed E-state index contributed by atoms with van der Waals surface area (Å²) in [7, 11) is 0. The lowest BCUT2D eigenvalue weighted by atomic mass is 10.5. The average molecular weight is 153 g/mol. The van der Waals surface area contributed by atoms with E-state index >= 15 is 0 Å². The van der Waals surface area contributed by atoms with E-state index in [1.54, 1.807) is 4.90 Å². The van der Waals surface area contributed by atoms with Gasteiger partial charge in [0, 0.05) is 6.54 Å². The molecule has 0 radical (unpaired) electrons. The summed E-state index contributed by atoms with van der Waals surface area (Å²) in [6.07, 6.45) is 0. The maximum Gasteiger partial charge on any atom is 0.0877 e. The summed E-state index contributed by atoms with van der Waals surface area (Å²) in [5, 5.41) is 18.0. The molecule has 0 aliphatic rings. The molecule has 0 aliphatic carbocycles. The minimum absolute atomic E-state index is 0.265. The highest BCUT2D eigenvalue weighted by Gasteiger charge is 1.98. The van der Waals surface area contributed by atoms with Crippen molar-refractivity contribution in [2.24, 2.45) is 0 Å². The van der Waals surface area contributed by atoms with Gasteiger partial charge < -0.3 is 0 Å². The Morgan fingerprint density at radius 3 is 2.10 bits per heavy atom. The third kappa shape index (κ3) is 3.96. The molecule has 0 fully saturated rings. The molecule has 4 heteroatoms. The molecule has 52 valence electrons. The standard InChI is InChI=1S/C6H7N3S/c7-1-3-9(4-2-8)5-6-10/h6H,3-5H2. The quantitative estimate of drug-likeness (QED) is 0.431. The lowest BCUT2D eigenvalue weighted by Crippen LogP contribution is -2.25. The summed E-state index contributed by atoms with van der Waals surface area (Å²) < 4.78 is 0. The monoisotopic (exact) mass is 153 g/mol. The Kier molecular flexibility index (Phi) is 5.56. The zero-order valence-corrected chi connectivity index (χ0v) is 6.27. The molecule has 0 aromatic carbocycles. The minimum Gasteiger partial charge on any atom is -0.273 e. The van der Waals surface area contributed by atoms with Gasteiger partial charge >= 0.3 is 0 Å². The number of nitriles is 2. The molecule has 0 N–H and O–H groups in total. The summed E-state index contributed by atoms with van der Waals surface area (Å²) in [5.74, 6) is 0. The van der Waals surface area contributed by atoms with E-state index in [1.165, 1.54) is 5.37 Å². The van der Waals surface area contributed by atoms with Gasteiger partial charge in [0.25, 0.3) is 0 Å². The van der Waals surface area contributed by atoms with Gasteiger partial charge in [-0.15, -0.1) is 0 Å². The number of hydrogen-bond donors (Lipinski definition) is 0. The van der Waals surface area contributed by atoms with Crippen molar-refractivity contribution >= 4 is 17.6 Å². The van der Waals surface area contributed by atoms with Gasteiger partial charge in [-0.2, -0.15) is 10.5 Å². The number of nitrogens with zero attached hydrogens (tertiary/aromatic N) is 3. The van der Waals surface area contributed by atoms with Gasteiger partial charge in [0.05, 0.1) is 25.2 Å². The van der Waals surface area contributed by atoms with E-state index in [-0.39, 0.29) is 13.1 Å². The third-order valence-electron chi connectivity index (χ3n) is 0.921. The molecule has 0 aromatic heterocycles. The van der Waals surface area contributed by atoms with Gasteiger partial charge in [0.15, 0.2) is 0 Å². The Balaban J connectivity index is 3.65. The summed E-state index contributed by atoms with van der Waals surface area (Å²) in [6, 6.07) is 3.89. The highest BCUT2D eigenvalue weighted by molar-refractivity contribution is 7.79. The summed E-state index contributed by atoms with van der Waals surface area (Å²) in [5.41, 5.74) is 0. The van der Waals surface area contributed by atoms with E-state index in [2.05, 4.69) is 12.2 Å². The predicted octanol–water partition coefficient (Wildman–Crippen LogP) is 0.335. The first-order chi connectivity index (χ1) is 4.85. The normalized spacial score (nSPS) is 8.30. The fourth-order valence-electron chi connectivity index (χ4n) is 0.490. The molecule has 0 heterocycles. The lowest BCUT2D eigenvalue weighted by molar-refractivity contribution is 0.396. The topological polar surface area (TPSA) is 50.8 Å². The molecule has 0 rings (SSSR count). The number of thiocarbonyl (C=S) groups is 1. The van der Waals surface area contributed by atoms with Crippen LogP contribution in [-0.4, -0.2) is 29.9 Å². The Labute approximate surface area is 65.5 Å². The number of hydrogen-bond acceptors (Lipinski definition) is 4. The molecular formula is C6H7N3S. The maximum atomic E-state index is 8.24. The van der Waals surface area contributed by atoms with Crippen LogP contribution in [0.4, 0.5) is 0 Å². The van der Waals surface area contributed by atoms with Crippen molar-refractivity contribution in [3.05, 3.63) is 0 Å². The Morgan fingerprint density at radius 2 is 1.80 bits per heavy atom. The van der Waals surface area contributed by atoms with Crippen LogP contribution >= 0.6 is 12.2 Å². The smallest absolute Gasteiger partial charge is 0.0877 e. The van der Waals surface area contributed by atoms with Gasteiger partial charge in [-0.1, -0.05) is 12.2 Å². The van der Waals surface area contributed by atoms with Crippen LogP contribution in [0.3, 0.4) is 0 Å². The van der Waals surface area contributed by atoms with Gasteiger partial charge in [0.2, 0.25) is 0 Å². The minimum atomic E-state index is 0.265. The first-order valence-corrected chi connectivity index (χ1v) is 3.22. The van der Waals surface area contributed by atoms with Gasteiger partial charge in [-0.05, 0) is 5.37 Å². The second-order valence-corrected chi connectivity index (χ2v) is 1.99. The Bertz CT molecular complexity index is 160. The molecule has 0 unspecified atom stereocenters. The lowest BCUT2D eigenvalue weighted by Gasteiger charge is -2.09. The summed E-state index contributed by atoms with van der Waals surface area (Å²) >= 11 is 4.57. The van der Waals surface area contributed by atoms with Crippen molar-refractivity contribution < 1.29 is 0 Å². The molecule has 10 heavy (non-hydrogen) atoms. The average Bonchev–Trinajstić information content (AvgIpc) is 1.90. The highest BCUT2D eigenvalue weighted by atomic mass is 32.1. The van der Waals surface area contributed by atoms with Crippen LogP contribution in [0.5, 0.6) is 0 Å². The molecule has 0 amide bonds. The summed E-state index contributed by atoms with van der Waals surface area (Å²) in [6.45, 7) is 1.05. The van der Waals surface area contributed by atoms with Crippen LogP contribution in [0, 0.1) is 22.7 Å². The fraction of sp³-hybridized carbons (Fsp3) is 0.500. The van der Waals surface area contributed by atoms with Crippen LogP contribution in [0.25, 0.3) is 0 Å². The molecular weight excluding hydrogens is 146 g/mol. The predicted molar refractivity (Wildman–Crippen MR) is 41.3 cm³/mol. The van der Waals surface area contributed by atoms with E-state index in [0.717, 1.165) is 0 Å². The van der Waals surface area contributed by atoms with E-state index in [4.69, 9.17) is 10.5 Å². The molecule has 0 atom stereocenters. The van der Waals surface area contributed by atoms with Crippen LogP contribution in [0.2, 0.25) is 0 Å². The van der Waals surface area contributed by atoms with Gasteiger partial charge in [0.1, 0.15) is 0 Å². The molecule has 0 aromatic rings. The number of rotatable bonds is 4. The highest BCUT2D eigenvalue weighted by Crippen LogP contribution is 1.82. The van der Waals surface area contributed by atoms with Crippen molar-refractivity contribution in [3.63, 3.8) is 0 Å². The van der Waals surface area contributed by atoms with Crippen molar-refractivity contribution in [2.45, 2.75) is 0 Å². The molecule has 0 saturated carbocycles. The molecule has 0 spiro atoms. The molecule has 0 aliphatic heterocycles. The zero-order valence-electron chi connectivity index (χ0n) is 5.45. The van der Waals surface area contributed by atoms with Crippen molar-refractivity contribution in [1.29, 1.82) is 10.5 Å². The van der Waals surface area contributed by atoms with Crippen molar-refractivity contribution in [2.75, 3.05) is 19.6 Å². The first-order valence-electron chi connectivity index (χ1n) is 2.75. The van der Waals surface area contributed by atoms with Crippen LogP contribution in [0.1, 0.15) is 0 Å². The van der Waals surface area contributed by atoms with E-state index in [0.29, 0.717) is 6.54 Å². The van der Waals surface area contributed by atoms with Crippen LogP contribution in [-0.2, 0) is 0 Å². The Morgan fingerprint density at radius 1 is 1.30 bits per heavy atom. The molecule has 0 bridgehead atoms. The second kappa shape index (κ2) is 6.15. The van der Waals surface area contributed by atoms with E-state index < -0.39 is 0 Å². The van der Waals surface area contributed by atoms with Gasteiger partial charge in [-0.25, -0.2) is 0 Å². The van der Waals surface area contributed by atoms with Crippen molar-refractivity contribution in [1.82, 2.24) is 4.90 Å².